The van der Waals surface area contributed by atoms with E-state index in [0.717, 1.165) is 19.2 Å². The van der Waals surface area contributed by atoms with Crippen LogP contribution in [0.4, 0.5) is 15.8 Å². The Morgan fingerprint density at radius 2 is 2.00 bits per heavy atom. The molecule has 2 rings (SSSR count). The van der Waals surface area contributed by atoms with Crippen LogP contribution in [-0.2, 0) is 0 Å². The molecular weight excluding hydrogens is 261 g/mol. The van der Waals surface area contributed by atoms with Crippen molar-refractivity contribution in [2.75, 3.05) is 31.1 Å². The SMILES string of the molecule is Cc1cc(N2CCNCC2)c([N+](=O)[O-])cc1F.Cl. The number of hydrogen-bond donors (Lipinski definition) is 1. The molecule has 0 unspecified atom stereocenters. The predicted octanol–water partition coefficient (Wildman–Crippen LogP) is 1.87. The molecule has 18 heavy (non-hydrogen) atoms. The number of nitrogens with zero attached hydrogens (tertiary/aromatic N) is 2. The molecular formula is C11H15ClFN3O2. The summed E-state index contributed by atoms with van der Waals surface area (Å²) >= 11 is 0. The summed E-state index contributed by atoms with van der Waals surface area (Å²) in [5, 5.41) is 14.1. The van der Waals surface area contributed by atoms with Gasteiger partial charge < -0.3 is 10.2 Å². The molecule has 0 amide bonds. The maximum absolute atomic E-state index is 13.4. The highest BCUT2D eigenvalue weighted by atomic mass is 35.5. The van der Waals surface area contributed by atoms with Crippen molar-refractivity contribution in [1.82, 2.24) is 5.32 Å². The average molecular weight is 276 g/mol. The third-order valence-corrected chi connectivity index (χ3v) is 2.91. The Hall–Kier alpha value is -1.40. The van der Waals surface area contributed by atoms with Gasteiger partial charge in [-0.15, -0.1) is 12.4 Å². The van der Waals surface area contributed by atoms with E-state index in [9.17, 15) is 14.5 Å². The van der Waals surface area contributed by atoms with E-state index in [0.29, 0.717) is 24.3 Å². The van der Waals surface area contributed by atoms with Gasteiger partial charge in [-0.3, -0.25) is 10.1 Å². The standard InChI is InChI=1S/C11H14FN3O2.ClH/c1-8-6-10(14-4-2-13-3-5-14)11(15(16)17)7-9(8)12;/h6-7,13H,2-5H2,1H3;1H. The lowest BCUT2D eigenvalue weighted by Gasteiger charge is -2.29. The molecule has 0 atom stereocenters. The number of hydrogen-bond acceptors (Lipinski definition) is 4. The van der Waals surface area contributed by atoms with Crippen molar-refractivity contribution in [2.24, 2.45) is 0 Å². The maximum atomic E-state index is 13.4. The Kier molecular flexibility index (Phi) is 4.86. The summed E-state index contributed by atoms with van der Waals surface area (Å²) in [6, 6.07) is 2.56. The number of nitro benzene ring substituents is 1. The van der Waals surface area contributed by atoms with Crippen LogP contribution >= 0.6 is 12.4 Å². The quantitative estimate of drug-likeness (QED) is 0.661. The minimum absolute atomic E-state index is 0. The normalized spacial score (nSPS) is 15.1. The first-order chi connectivity index (χ1) is 8.09. The van der Waals surface area contributed by atoms with Crippen LogP contribution in [0.1, 0.15) is 5.56 Å². The zero-order valence-corrected chi connectivity index (χ0v) is 10.8. The van der Waals surface area contributed by atoms with E-state index in [4.69, 9.17) is 0 Å². The van der Waals surface area contributed by atoms with Crippen LogP contribution in [-0.4, -0.2) is 31.1 Å². The molecule has 5 nitrogen and oxygen atoms in total. The molecule has 0 aromatic heterocycles. The molecule has 1 fully saturated rings. The first-order valence-electron chi connectivity index (χ1n) is 5.50. The van der Waals surface area contributed by atoms with Crippen molar-refractivity contribution in [3.63, 3.8) is 0 Å². The molecule has 0 aliphatic carbocycles. The van der Waals surface area contributed by atoms with Crippen LogP contribution in [0.5, 0.6) is 0 Å². The monoisotopic (exact) mass is 275 g/mol. The smallest absolute Gasteiger partial charge is 0.295 e. The second-order valence-electron chi connectivity index (χ2n) is 4.08. The number of anilines is 1. The Bertz CT molecular complexity index is 450. The van der Waals surface area contributed by atoms with Gasteiger partial charge in [0.2, 0.25) is 0 Å². The average Bonchev–Trinajstić information content (AvgIpc) is 2.33. The molecule has 1 saturated heterocycles. The minimum Gasteiger partial charge on any atom is -0.363 e. The zero-order chi connectivity index (χ0) is 12.4. The molecule has 1 aromatic carbocycles. The number of piperazine rings is 1. The number of nitrogens with one attached hydrogen (secondary N) is 1. The van der Waals surface area contributed by atoms with Gasteiger partial charge in [-0.2, -0.15) is 0 Å². The van der Waals surface area contributed by atoms with Gasteiger partial charge in [0, 0.05) is 26.2 Å². The van der Waals surface area contributed by atoms with Gasteiger partial charge in [0.25, 0.3) is 5.69 Å². The van der Waals surface area contributed by atoms with Gasteiger partial charge >= 0.3 is 0 Å². The molecule has 100 valence electrons. The number of nitro groups is 1. The molecule has 1 N–H and O–H groups in total. The van der Waals surface area contributed by atoms with Gasteiger partial charge in [-0.25, -0.2) is 4.39 Å². The van der Waals surface area contributed by atoms with E-state index in [1.54, 1.807) is 13.0 Å². The third kappa shape index (κ3) is 2.88. The summed E-state index contributed by atoms with van der Waals surface area (Å²) in [5.74, 6) is -0.532. The molecule has 1 heterocycles. The van der Waals surface area contributed by atoms with Gasteiger partial charge in [-0.05, 0) is 18.6 Å². The third-order valence-electron chi connectivity index (χ3n) is 2.91. The minimum atomic E-state index is -0.532. The van der Waals surface area contributed by atoms with E-state index in [2.05, 4.69) is 5.32 Å². The summed E-state index contributed by atoms with van der Waals surface area (Å²) < 4.78 is 13.4. The van der Waals surface area contributed by atoms with Crippen LogP contribution in [0.15, 0.2) is 12.1 Å². The van der Waals surface area contributed by atoms with Crippen LogP contribution in [0, 0.1) is 22.9 Å². The Labute approximate surface area is 111 Å². The first kappa shape index (κ1) is 14.7. The number of benzene rings is 1. The van der Waals surface area contributed by atoms with Gasteiger partial charge in [-0.1, -0.05) is 0 Å². The van der Waals surface area contributed by atoms with Gasteiger partial charge in [0.15, 0.2) is 0 Å². The van der Waals surface area contributed by atoms with Crippen LogP contribution in [0.2, 0.25) is 0 Å². The number of aryl methyl sites for hydroxylation is 1. The molecule has 0 radical (unpaired) electrons. The molecule has 0 spiro atoms. The van der Waals surface area contributed by atoms with E-state index >= 15 is 0 Å². The second-order valence-corrected chi connectivity index (χ2v) is 4.08. The summed E-state index contributed by atoms with van der Waals surface area (Å²) in [5.41, 5.74) is 0.787. The Balaban J connectivity index is 0.00000162. The Morgan fingerprint density at radius 3 is 2.56 bits per heavy atom. The van der Waals surface area contributed by atoms with E-state index < -0.39 is 10.7 Å². The fraction of sp³-hybridized carbons (Fsp3) is 0.455. The summed E-state index contributed by atoms with van der Waals surface area (Å²) in [6.45, 7) is 4.59. The van der Waals surface area contributed by atoms with Crippen molar-refractivity contribution in [1.29, 1.82) is 0 Å². The van der Waals surface area contributed by atoms with Gasteiger partial charge in [0.05, 0.1) is 11.0 Å². The van der Waals surface area contributed by atoms with Crippen LogP contribution < -0.4 is 10.2 Å². The summed E-state index contributed by atoms with van der Waals surface area (Å²) in [7, 11) is 0. The van der Waals surface area contributed by atoms with Crippen molar-refractivity contribution in [2.45, 2.75) is 6.92 Å². The molecule has 1 aliphatic heterocycles. The van der Waals surface area contributed by atoms with Crippen LogP contribution in [0.3, 0.4) is 0 Å². The molecule has 1 aromatic rings. The predicted molar refractivity (Wildman–Crippen MR) is 70.1 cm³/mol. The Morgan fingerprint density at radius 1 is 1.39 bits per heavy atom. The van der Waals surface area contributed by atoms with E-state index in [-0.39, 0.29) is 18.1 Å². The molecule has 0 saturated carbocycles. The second kappa shape index (κ2) is 5.97. The van der Waals surface area contributed by atoms with E-state index in [1.807, 2.05) is 4.90 Å². The highest BCUT2D eigenvalue weighted by molar-refractivity contribution is 5.85. The van der Waals surface area contributed by atoms with E-state index in [1.165, 1.54) is 0 Å². The lowest BCUT2D eigenvalue weighted by molar-refractivity contribution is -0.384. The largest absolute Gasteiger partial charge is 0.363 e. The molecule has 1 aliphatic rings. The van der Waals surface area contributed by atoms with Crippen molar-refractivity contribution < 1.29 is 9.31 Å². The maximum Gasteiger partial charge on any atom is 0.295 e. The highest BCUT2D eigenvalue weighted by Gasteiger charge is 2.22. The summed E-state index contributed by atoms with van der Waals surface area (Å²) in [4.78, 5) is 12.3. The van der Waals surface area contributed by atoms with Crippen molar-refractivity contribution in [3.8, 4) is 0 Å². The lowest BCUT2D eigenvalue weighted by atomic mass is 10.1. The lowest BCUT2D eigenvalue weighted by Crippen LogP contribution is -2.43. The highest BCUT2D eigenvalue weighted by Crippen LogP contribution is 2.30. The zero-order valence-electron chi connectivity index (χ0n) is 9.98. The van der Waals surface area contributed by atoms with Crippen molar-refractivity contribution in [3.05, 3.63) is 33.6 Å². The van der Waals surface area contributed by atoms with Crippen LogP contribution in [0.25, 0.3) is 0 Å². The number of halogens is 2. The topological polar surface area (TPSA) is 58.4 Å². The first-order valence-corrected chi connectivity index (χ1v) is 5.50. The number of rotatable bonds is 2. The fourth-order valence-corrected chi connectivity index (χ4v) is 1.96. The van der Waals surface area contributed by atoms with Gasteiger partial charge in [0.1, 0.15) is 11.5 Å². The fourth-order valence-electron chi connectivity index (χ4n) is 1.96. The summed E-state index contributed by atoms with van der Waals surface area (Å²) in [6.07, 6.45) is 0. The molecule has 7 heteroatoms. The molecule has 0 bridgehead atoms. The van der Waals surface area contributed by atoms with Crippen molar-refractivity contribution >= 4 is 23.8 Å².